The quantitative estimate of drug-likeness (QED) is 0.853. The summed E-state index contributed by atoms with van der Waals surface area (Å²) in [7, 11) is -3.57. The van der Waals surface area contributed by atoms with E-state index in [9.17, 15) is 8.42 Å². The summed E-state index contributed by atoms with van der Waals surface area (Å²) in [5.41, 5.74) is 0.558. The summed E-state index contributed by atoms with van der Waals surface area (Å²) >= 11 is 6.86. The maximum atomic E-state index is 12.4. The minimum absolute atomic E-state index is 0.213. The number of benzene rings is 1. The molecule has 0 bridgehead atoms. The highest BCUT2D eigenvalue weighted by molar-refractivity contribution is 7.91. The molecule has 0 saturated heterocycles. The third-order valence-electron chi connectivity index (χ3n) is 3.84. The molecule has 2 heterocycles. The molecule has 130 valence electrons. The van der Waals surface area contributed by atoms with E-state index in [0.717, 1.165) is 22.6 Å². The molecule has 0 spiro atoms. The summed E-state index contributed by atoms with van der Waals surface area (Å²) in [5.74, 6) is 1.41. The van der Waals surface area contributed by atoms with Gasteiger partial charge in [-0.3, -0.25) is 0 Å². The molecule has 0 unspecified atom stereocenters. The summed E-state index contributed by atoms with van der Waals surface area (Å²) in [6.07, 6.45) is 0. The highest BCUT2D eigenvalue weighted by Crippen LogP contribution is 2.35. The summed E-state index contributed by atoms with van der Waals surface area (Å²) in [5, 5.41) is 0. The van der Waals surface area contributed by atoms with Crippen molar-refractivity contribution in [2.45, 2.75) is 23.5 Å². The highest BCUT2D eigenvalue weighted by Gasteiger charge is 2.26. The van der Waals surface area contributed by atoms with Crippen LogP contribution >= 0.6 is 22.9 Å². The smallest absolute Gasteiger partial charge is 0.250 e. The Morgan fingerprint density at radius 1 is 1.17 bits per heavy atom. The van der Waals surface area contributed by atoms with E-state index in [1.165, 1.54) is 6.07 Å². The first-order valence-electron chi connectivity index (χ1n) is 7.43. The third kappa shape index (κ3) is 3.69. The second-order valence-corrected chi connectivity index (χ2v) is 9.83. The van der Waals surface area contributed by atoms with Gasteiger partial charge in [-0.15, -0.1) is 11.3 Å². The van der Waals surface area contributed by atoms with E-state index in [4.69, 9.17) is 21.1 Å². The lowest BCUT2D eigenvalue weighted by Gasteiger charge is -2.27. The second kappa shape index (κ2) is 6.55. The standard InChI is InChI=1S/C16H18ClNO4S2/c1-16(2,10-18-24(19,20)15-6-5-14(17)23-15)11-3-4-12-13(9-11)22-8-7-21-12/h3-6,9,18H,7-8,10H2,1-2H3. The van der Waals surface area contributed by atoms with Gasteiger partial charge in [0.15, 0.2) is 11.5 Å². The Morgan fingerprint density at radius 3 is 2.54 bits per heavy atom. The summed E-state index contributed by atoms with van der Waals surface area (Å²) < 4.78 is 39.1. The topological polar surface area (TPSA) is 64.6 Å². The molecule has 0 atom stereocenters. The minimum atomic E-state index is -3.57. The molecular weight excluding hydrogens is 370 g/mol. The predicted octanol–water partition coefficient (Wildman–Crippen LogP) is 3.43. The fourth-order valence-corrected chi connectivity index (χ4v) is 5.09. The molecule has 1 N–H and O–H groups in total. The summed E-state index contributed by atoms with van der Waals surface area (Å²) in [6, 6.07) is 8.78. The fraction of sp³-hybridized carbons (Fsp3) is 0.375. The molecule has 3 rings (SSSR count). The zero-order valence-corrected chi connectivity index (χ0v) is 15.7. The van der Waals surface area contributed by atoms with Gasteiger partial charge in [0.25, 0.3) is 0 Å². The SMILES string of the molecule is CC(C)(CNS(=O)(=O)c1ccc(Cl)s1)c1ccc2c(c1)OCCO2. The van der Waals surface area contributed by atoms with Crippen LogP contribution in [0.5, 0.6) is 11.5 Å². The zero-order chi connectivity index (χ0) is 17.4. The second-order valence-electron chi connectivity index (χ2n) is 6.13. The van der Waals surface area contributed by atoms with Gasteiger partial charge in [-0.25, -0.2) is 13.1 Å². The van der Waals surface area contributed by atoms with Crippen LogP contribution in [0.3, 0.4) is 0 Å². The third-order valence-corrected chi connectivity index (χ3v) is 6.97. The normalized spacial score (nSPS) is 14.6. The van der Waals surface area contributed by atoms with E-state index >= 15 is 0 Å². The van der Waals surface area contributed by atoms with Gasteiger partial charge in [0.1, 0.15) is 17.4 Å². The predicted molar refractivity (Wildman–Crippen MR) is 95.0 cm³/mol. The number of ether oxygens (including phenoxy) is 2. The van der Waals surface area contributed by atoms with Crippen molar-refractivity contribution in [3.63, 3.8) is 0 Å². The number of nitrogens with one attached hydrogen (secondary N) is 1. The van der Waals surface area contributed by atoms with E-state index in [2.05, 4.69) is 4.72 Å². The van der Waals surface area contributed by atoms with E-state index in [1.807, 2.05) is 32.0 Å². The van der Waals surface area contributed by atoms with Gasteiger partial charge < -0.3 is 9.47 Å². The molecule has 5 nitrogen and oxygen atoms in total. The molecule has 24 heavy (non-hydrogen) atoms. The van der Waals surface area contributed by atoms with Crippen molar-refractivity contribution in [3.8, 4) is 11.5 Å². The first-order valence-corrected chi connectivity index (χ1v) is 10.1. The Kier molecular flexibility index (Phi) is 4.79. The maximum Gasteiger partial charge on any atom is 0.250 e. The van der Waals surface area contributed by atoms with Crippen LogP contribution in [0, 0.1) is 0 Å². The molecule has 0 aliphatic carbocycles. The van der Waals surface area contributed by atoms with Crippen LogP contribution in [0.15, 0.2) is 34.5 Å². The van der Waals surface area contributed by atoms with E-state index < -0.39 is 15.4 Å². The van der Waals surface area contributed by atoms with Crippen LogP contribution in [0.25, 0.3) is 0 Å². The Hall–Kier alpha value is -1.28. The lowest BCUT2D eigenvalue weighted by molar-refractivity contribution is 0.171. The monoisotopic (exact) mass is 387 g/mol. The first-order chi connectivity index (χ1) is 11.3. The number of hydrogen-bond donors (Lipinski definition) is 1. The minimum Gasteiger partial charge on any atom is -0.486 e. The maximum absolute atomic E-state index is 12.4. The van der Waals surface area contributed by atoms with Gasteiger partial charge in [0.2, 0.25) is 10.0 Å². The number of hydrogen-bond acceptors (Lipinski definition) is 5. The van der Waals surface area contributed by atoms with Crippen molar-refractivity contribution in [1.29, 1.82) is 0 Å². The molecule has 0 radical (unpaired) electrons. The molecule has 1 aromatic carbocycles. The van der Waals surface area contributed by atoms with E-state index in [-0.39, 0.29) is 10.8 Å². The molecule has 1 aromatic heterocycles. The van der Waals surface area contributed by atoms with Crippen molar-refractivity contribution in [3.05, 3.63) is 40.2 Å². The molecule has 1 aliphatic rings. The van der Waals surface area contributed by atoms with Gasteiger partial charge in [-0.1, -0.05) is 31.5 Å². The van der Waals surface area contributed by atoms with Crippen molar-refractivity contribution < 1.29 is 17.9 Å². The van der Waals surface area contributed by atoms with Gasteiger partial charge in [0, 0.05) is 12.0 Å². The highest BCUT2D eigenvalue weighted by atomic mass is 35.5. The van der Waals surface area contributed by atoms with E-state index in [1.54, 1.807) is 6.07 Å². The molecule has 0 fully saturated rings. The van der Waals surface area contributed by atoms with Crippen molar-refractivity contribution in [1.82, 2.24) is 4.72 Å². The van der Waals surface area contributed by atoms with Crippen LogP contribution in [-0.4, -0.2) is 28.2 Å². The van der Waals surface area contributed by atoms with Gasteiger partial charge >= 0.3 is 0 Å². The zero-order valence-electron chi connectivity index (χ0n) is 13.3. The average molecular weight is 388 g/mol. The van der Waals surface area contributed by atoms with E-state index in [0.29, 0.717) is 23.3 Å². The lowest BCUT2D eigenvalue weighted by atomic mass is 9.84. The number of halogens is 1. The fourth-order valence-electron chi connectivity index (χ4n) is 2.36. The first kappa shape index (κ1) is 17.5. The van der Waals surface area contributed by atoms with Crippen LogP contribution < -0.4 is 14.2 Å². The molecule has 2 aromatic rings. The largest absolute Gasteiger partial charge is 0.486 e. The molecule has 8 heteroatoms. The van der Waals surface area contributed by atoms with Gasteiger partial charge in [-0.05, 0) is 29.8 Å². The Morgan fingerprint density at radius 2 is 1.88 bits per heavy atom. The van der Waals surface area contributed by atoms with Gasteiger partial charge in [-0.2, -0.15) is 0 Å². The number of rotatable bonds is 5. The number of sulfonamides is 1. The van der Waals surface area contributed by atoms with Gasteiger partial charge in [0.05, 0.1) is 4.34 Å². The number of thiophene rings is 1. The Labute approximate surface area is 150 Å². The summed E-state index contributed by atoms with van der Waals surface area (Å²) in [4.78, 5) is 0. The number of fused-ring (bicyclic) bond motifs is 1. The average Bonchev–Trinajstić information content (AvgIpc) is 3.00. The van der Waals surface area contributed by atoms with Crippen LogP contribution in [-0.2, 0) is 15.4 Å². The Bertz CT molecular complexity index is 846. The lowest BCUT2D eigenvalue weighted by Crippen LogP contribution is -2.36. The van der Waals surface area contributed by atoms with Crippen LogP contribution in [0.4, 0.5) is 0 Å². The van der Waals surface area contributed by atoms with Crippen LogP contribution in [0.1, 0.15) is 19.4 Å². The summed E-state index contributed by atoms with van der Waals surface area (Å²) in [6.45, 7) is 5.26. The van der Waals surface area contributed by atoms with Crippen LogP contribution in [0.2, 0.25) is 4.34 Å². The molecular formula is C16H18ClNO4S2. The van der Waals surface area contributed by atoms with Crippen molar-refractivity contribution in [2.75, 3.05) is 19.8 Å². The molecule has 0 amide bonds. The van der Waals surface area contributed by atoms with Crippen molar-refractivity contribution >= 4 is 33.0 Å². The molecule has 1 aliphatic heterocycles. The Balaban J connectivity index is 1.76. The molecule has 0 saturated carbocycles. The van der Waals surface area contributed by atoms with Crippen molar-refractivity contribution in [2.24, 2.45) is 0 Å².